The minimum absolute atomic E-state index is 0.728. The Labute approximate surface area is 122 Å². The predicted octanol–water partition coefficient (Wildman–Crippen LogP) is 4.83. The van der Waals surface area contributed by atoms with E-state index >= 15 is 0 Å². The second kappa shape index (κ2) is 7.91. The van der Waals surface area contributed by atoms with E-state index in [1.54, 1.807) is 0 Å². The van der Waals surface area contributed by atoms with Gasteiger partial charge in [0.15, 0.2) is 0 Å². The second-order valence-electron chi connectivity index (χ2n) is 5.87. The van der Waals surface area contributed by atoms with Crippen molar-refractivity contribution in [1.82, 2.24) is 5.32 Å². The van der Waals surface area contributed by atoms with Crippen molar-refractivity contribution in [2.75, 3.05) is 6.54 Å². The zero-order chi connectivity index (χ0) is 13.5. The molecule has 1 aromatic rings. The fraction of sp³-hybridized carbons (Fsp3) is 0.647. The van der Waals surface area contributed by atoms with Gasteiger partial charge in [-0.15, -0.1) is 0 Å². The van der Waals surface area contributed by atoms with Crippen molar-refractivity contribution in [2.24, 2.45) is 5.92 Å². The fourth-order valence-electron chi connectivity index (χ4n) is 3.18. The van der Waals surface area contributed by atoms with Gasteiger partial charge in [0.1, 0.15) is 0 Å². The third-order valence-electron chi connectivity index (χ3n) is 4.13. The summed E-state index contributed by atoms with van der Waals surface area (Å²) in [6.07, 6.45) is 9.23. The molecule has 1 aromatic carbocycles. The van der Waals surface area contributed by atoms with Gasteiger partial charge in [0, 0.05) is 11.1 Å². The lowest BCUT2D eigenvalue weighted by molar-refractivity contribution is 0.384. The highest BCUT2D eigenvalue weighted by Crippen LogP contribution is 2.27. The monoisotopic (exact) mass is 279 g/mol. The summed E-state index contributed by atoms with van der Waals surface area (Å²) < 4.78 is 0. The largest absolute Gasteiger partial charge is 0.314 e. The Morgan fingerprint density at radius 2 is 2.11 bits per heavy atom. The molecule has 1 aliphatic carbocycles. The highest BCUT2D eigenvalue weighted by molar-refractivity contribution is 6.30. The van der Waals surface area contributed by atoms with Crippen LogP contribution in [-0.4, -0.2) is 12.6 Å². The lowest BCUT2D eigenvalue weighted by Crippen LogP contribution is -2.31. The number of hydrogen-bond acceptors (Lipinski definition) is 1. The maximum absolute atomic E-state index is 6.08. The summed E-state index contributed by atoms with van der Waals surface area (Å²) in [5.74, 6) is 0.815. The first-order valence-electron chi connectivity index (χ1n) is 7.75. The molecule has 2 unspecified atom stereocenters. The Morgan fingerprint density at radius 1 is 1.26 bits per heavy atom. The molecule has 0 aliphatic heterocycles. The molecule has 19 heavy (non-hydrogen) atoms. The molecule has 106 valence electrons. The Kier molecular flexibility index (Phi) is 6.19. The van der Waals surface area contributed by atoms with Crippen LogP contribution in [0, 0.1) is 5.92 Å². The molecular formula is C17H26ClN. The average molecular weight is 280 g/mol. The number of benzene rings is 1. The van der Waals surface area contributed by atoms with Gasteiger partial charge in [-0.05, 0) is 55.8 Å². The Morgan fingerprint density at radius 3 is 2.89 bits per heavy atom. The summed E-state index contributed by atoms with van der Waals surface area (Å²) >= 11 is 6.08. The van der Waals surface area contributed by atoms with Crippen LogP contribution in [-0.2, 0) is 6.42 Å². The van der Waals surface area contributed by atoms with E-state index in [-0.39, 0.29) is 0 Å². The van der Waals surface area contributed by atoms with Crippen molar-refractivity contribution in [3.05, 3.63) is 34.9 Å². The van der Waals surface area contributed by atoms with E-state index in [9.17, 15) is 0 Å². The van der Waals surface area contributed by atoms with Crippen molar-refractivity contribution in [3.8, 4) is 0 Å². The number of nitrogens with one attached hydrogen (secondary N) is 1. The van der Waals surface area contributed by atoms with Crippen molar-refractivity contribution in [1.29, 1.82) is 0 Å². The van der Waals surface area contributed by atoms with Crippen molar-refractivity contribution in [3.63, 3.8) is 0 Å². The highest BCUT2D eigenvalue weighted by atomic mass is 35.5. The maximum Gasteiger partial charge on any atom is 0.0408 e. The zero-order valence-electron chi connectivity index (χ0n) is 12.0. The van der Waals surface area contributed by atoms with Crippen LogP contribution in [0.3, 0.4) is 0 Å². The van der Waals surface area contributed by atoms with Crippen molar-refractivity contribution < 1.29 is 0 Å². The molecule has 0 bridgehead atoms. The summed E-state index contributed by atoms with van der Waals surface area (Å²) in [5.41, 5.74) is 1.40. The average Bonchev–Trinajstić information content (AvgIpc) is 2.62. The van der Waals surface area contributed by atoms with E-state index < -0.39 is 0 Å². The SMILES string of the molecule is CCCNC1CCCCC(Cc2cccc(Cl)c2)C1. The van der Waals surface area contributed by atoms with Crippen LogP contribution < -0.4 is 5.32 Å². The minimum Gasteiger partial charge on any atom is -0.314 e. The zero-order valence-corrected chi connectivity index (χ0v) is 12.8. The Balaban J connectivity index is 1.90. The third-order valence-corrected chi connectivity index (χ3v) is 4.36. The van der Waals surface area contributed by atoms with Crippen LogP contribution in [0.25, 0.3) is 0 Å². The van der Waals surface area contributed by atoms with E-state index in [1.807, 2.05) is 6.07 Å². The van der Waals surface area contributed by atoms with Gasteiger partial charge in [-0.1, -0.05) is 49.9 Å². The lowest BCUT2D eigenvalue weighted by Gasteiger charge is -2.21. The first-order valence-corrected chi connectivity index (χ1v) is 8.13. The van der Waals surface area contributed by atoms with Gasteiger partial charge in [0.05, 0.1) is 0 Å². The third kappa shape index (κ3) is 5.16. The summed E-state index contributed by atoms with van der Waals surface area (Å²) in [4.78, 5) is 0. The molecule has 0 saturated heterocycles. The molecule has 0 heterocycles. The molecular weight excluding hydrogens is 254 g/mol. The van der Waals surface area contributed by atoms with Crippen LogP contribution in [0.5, 0.6) is 0 Å². The van der Waals surface area contributed by atoms with Crippen molar-refractivity contribution in [2.45, 2.75) is 57.9 Å². The molecule has 2 rings (SSSR count). The van der Waals surface area contributed by atoms with Gasteiger partial charge in [0.25, 0.3) is 0 Å². The molecule has 0 aromatic heterocycles. The van der Waals surface area contributed by atoms with E-state index in [1.165, 1.54) is 50.5 Å². The van der Waals surface area contributed by atoms with Crippen LogP contribution in [0.2, 0.25) is 5.02 Å². The maximum atomic E-state index is 6.08. The van der Waals surface area contributed by atoms with Crippen LogP contribution in [0.4, 0.5) is 0 Å². The molecule has 1 fully saturated rings. The topological polar surface area (TPSA) is 12.0 Å². The quantitative estimate of drug-likeness (QED) is 0.761. The van der Waals surface area contributed by atoms with Crippen LogP contribution in [0.15, 0.2) is 24.3 Å². The molecule has 1 aliphatic rings. The van der Waals surface area contributed by atoms with Gasteiger partial charge in [0.2, 0.25) is 0 Å². The van der Waals surface area contributed by atoms with Gasteiger partial charge in [-0.3, -0.25) is 0 Å². The lowest BCUT2D eigenvalue weighted by atomic mass is 9.91. The first kappa shape index (κ1) is 14.9. The first-order chi connectivity index (χ1) is 9.28. The molecule has 0 amide bonds. The van der Waals surface area contributed by atoms with Crippen LogP contribution in [0.1, 0.15) is 51.0 Å². The molecule has 2 heteroatoms. The standard InChI is InChI=1S/C17H26ClN/c1-2-10-19-17-9-4-3-6-15(13-17)11-14-7-5-8-16(18)12-14/h5,7-8,12,15,17,19H,2-4,6,9-11,13H2,1H3. The van der Waals surface area contributed by atoms with E-state index in [4.69, 9.17) is 11.6 Å². The fourth-order valence-corrected chi connectivity index (χ4v) is 3.39. The molecule has 2 atom stereocenters. The normalized spacial score (nSPS) is 24.1. The number of halogens is 1. The predicted molar refractivity (Wildman–Crippen MR) is 83.8 cm³/mol. The van der Waals surface area contributed by atoms with Gasteiger partial charge >= 0.3 is 0 Å². The van der Waals surface area contributed by atoms with Crippen molar-refractivity contribution >= 4 is 11.6 Å². The minimum atomic E-state index is 0.728. The molecule has 1 saturated carbocycles. The second-order valence-corrected chi connectivity index (χ2v) is 6.31. The van der Waals surface area contributed by atoms with E-state index in [0.717, 1.165) is 23.5 Å². The summed E-state index contributed by atoms with van der Waals surface area (Å²) in [6, 6.07) is 9.10. The highest BCUT2D eigenvalue weighted by Gasteiger charge is 2.19. The summed E-state index contributed by atoms with van der Waals surface area (Å²) in [6.45, 7) is 3.40. The molecule has 1 nitrogen and oxygen atoms in total. The summed E-state index contributed by atoms with van der Waals surface area (Å²) in [5, 5.41) is 4.58. The number of hydrogen-bond donors (Lipinski definition) is 1. The molecule has 1 N–H and O–H groups in total. The van der Waals surface area contributed by atoms with Gasteiger partial charge < -0.3 is 5.32 Å². The van der Waals surface area contributed by atoms with Crippen LogP contribution >= 0.6 is 11.6 Å². The molecule has 0 radical (unpaired) electrons. The molecule has 0 spiro atoms. The van der Waals surface area contributed by atoms with Gasteiger partial charge in [-0.25, -0.2) is 0 Å². The number of rotatable bonds is 5. The van der Waals surface area contributed by atoms with Gasteiger partial charge in [-0.2, -0.15) is 0 Å². The van der Waals surface area contributed by atoms with E-state index in [2.05, 4.69) is 30.4 Å². The summed E-state index contributed by atoms with van der Waals surface area (Å²) in [7, 11) is 0. The Bertz CT molecular complexity index is 377. The smallest absolute Gasteiger partial charge is 0.0408 e. The van der Waals surface area contributed by atoms with E-state index in [0.29, 0.717) is 0 Å². The Hall–Kier alpha value is -0.530.